The minimum absolute atomic E-state index is 0.0437. The molecule has 2 fully saturated rings. The number of anilines is 1. The smallest absolute Gasteiger partial charge is 0.227 e. The first-order chi connectivity index (χ1) is 11.7. The fraction of sp³-hybridized carbons (Fsp3) is 0.579. The quantitative estimate of drug-likeness (QED) is 0.927. The lowest BCUT2D eigenvalue weighted by atomic mass is 9.89. The number of hydrogen-bond donors (Lipinski definition) is 1. The van der Waals surface area contributed by atoms with Crippen molar-refractivity contribution in [2.75, 3.05) is 18.5 Å². The Hall–Kier alpha value is -1.88. The summed E-state index contributed by atoms with van der Waals surface area (Å²) >= 11 is 0. The monoisotopic (exact) mass is 328 g/mol. The van der Waals surface area contributed by atoms with E-state index in [4.69, 9.17) is 4.74 Å². The van der Waals surface area contributed by atoms with Crippen LogP contribution in [-0.2, 0) is 20.7 Å². The number of benzene rings is 1. The van der Waals surface area contributed by atoms with Crippen molar-refractivity contribution in [1.82, 2.24) is 4.90 Å². The maximum Gasteiger partial charge on any atom is 0.227 e. The Labute approximate surface area is 142 Å². The van der Waals surface area contributed by atoms with Gasteiger partial charge in [-0.1, -0.05) is 18.2 Å². The van der Waals surface area contributed by atoms with Crippen molar-refractivity contribution in [3.8, 4) is 0 Å². The molecule has 0 radical (unpaired) electrons. The SMILES string of the molecule is O=C1Nc2ccccc2C[C@@H]1CCC(=O)N1CCO[C@H]2CCC[C@@H]21. The fourth-order valence-electron chi connectivity index (χ4n) is 4.32. The van der Waals surface area contributed by atoms with E-state index in [0.717, 1.165) is 36.9 Å². The van der Waals surface area contributed by atoms with Gasteiger partial charge in [0.15, 0.2) is 0 Å². The van der Waals surface area contributed by atoms with Crippen LogP contribution >= 0.6 is 0 Å². The second-order valence-electron chi connectivity index (χ2n) is 7.08. The van der Waals surface area contributed by atoms with Gasteiger partial charge in [-0.15, -0.1) is 0 Å². The lowest BCUT2D eigenvalue weighted by molar-refractivity contribution is -0.144. The summed E-state index contributed by atoms with van der Waals surface area (Å²) in [7, 11) is 0. The zero-order valence-corrected chi connectivity index (χ0v) is 13.9. The highest BCUT2D eigenvalue weighted by atomic mass is 16.5. The summed E-state index contributed by atoms with van der Waals surface area (Å²) in [4.78, 5) is 27.0. The number of ether oxygens (including phenoxy) is 1. The van der Waals surface area contributed by atoms with Gasteiger partial charge in [0.05, 0.1) is 18.8 Å². The lowest BCUT2D eigenvalue weighted by Gasteiger charge is -2.38. The molecule has 128 valence electrons. The average Bonchev–Trinajstić information content (AvgIpc) is 3.08. The Morgan fingerprint density at radius 3 is 3.08 bits per heavy atom. The highest BCUT2D eigenvalue weighted by molar-refractivity contribution is 5.96. The van der Waals surface area contributed by atoms with E-state index in [1.54, 1.807) is 0 Å². The van der Waals surface area contributed by atoms with Crippen molar-refractivity contribution in [3.05, 3.63) is 29.8 Å². The van der Waals surface area contributed by atoms with E-state index < -0.39 is 0 Å². The maximum atomic E-state index is 12.7. The number of carbonyl (C=O) groups excluding carboxylic acids is 2. The molecule has 0 aromatic heterocycles. The van der Waals surface area contributed by atoms with E-state index in [9.17, 15) is 9.59 Å². The number of hydrogen-bond acceptors (Lipinski definition) is 3. The molecule has 5 nitrogen and oxygen atoms in total. The number of amides is 2. The van der Waals surface area contributed by atoms with Crippen molar-refractivity contribution in [3.63, 3.8) is 0 Å². The molecule has 3 atom stereocenters. The number of para-hydroxylation sites is 1. The largest absolute Gasteiger partial charge is 0.374 e. The molecule has 1 saturated heterocycles. The van der Waals surface area contributed by atoms with Crippen LogP contribution in [0.3, 0.4) is 0 Å². The topological polar surface area (TPSA) is 58.6 Å². The van der Waals surface area contributed by atoms with Crippen molar-refractivity contribution < 1.29 is 14.3 Å². The van der Waals surface area contributed by atoms with Crippen LogP contribution in [0.1, 0.15) is 37.7 Å². The molecular formula is C19H24N2O3. The molecule has 0 bridgehead atoms. The Morgan fingerprint density at radius 2 is 2.17 bits per heavy atom. The third-order valence-corrected chi connectivity index (χ3v) is 5.62. The van der Waals surface area contributed by atoms with Crippen LogP contribution in [0.25, 0.3) is 0 Å². The first-order valence-electron chi connectivity index (χ1n) is 9.02. The summed E-state index contributed by atoms with van der Waals surface area (Å²) in [6.45, 7) is 1.34. The highest BCUT2D eigenvalue weighted by Gasteiger charge is 2.38. The number of carbonyl (C=O) groups is 2. The molecule has 2 amide bonds. The number of fused-ring (bicyclic) bond motifs is 2. The molecule has 0 unspecified atom stereocenters. The normalized spacial score (nSPS) is 28.9. The van der Waals surface area contributed by atoms with Crippen LogP contribution in [0, 0.1) is 5.92 Å². The van der Waals surface area contributed by atoms with Crippen LogP contribution in [0.2, 0.25) is 0 Å². The zero-order chi connectivity index (χ0) is 16.5. The van der Waals surface area contributed by atoms with Crippen LogP contribution in [0.4, 0.5) is 5.69 Å². The van der Waals surface area contributed by atoms with Gasteiger partial charge < -0.3 is 15.0 Å². The molecule has 0 spiro atoms. The molecule has 3 aliphatic rings. The summed E-state index contributed by atoms with van der Waals surface area (Å²) < 4.78 is 5.77. The van der Waals surface area contributed by atoms with Crippen LogP contribution in [-0.4, -0.2) is 42.0 Å². The zero-order valence-electron chi connectivity index (χ0n) is 13.9. The van der Waals surface area contributed by atoms with E-state index in [1.165, 1.54) is 0 Å². The minimum Gasteiger partial charge on any atom is -0.374 e. The Bertz CT molecular complexity index is 645. The predicted octanol–water partition coefficient (Wildman–Crippen LogP) is 2.36. The summed E-state index contributed by atoms with van der Waals surface area (Å²) in [6.07, 6.45) is 5.28. The fourth-order valence-corrected chi connectivity index (χ4v) is 4.32. The van der Waals surface area contributed by atoms with Gasteiger partial charge in [-0.25, -0.2) is 0 Å². The van der Waals surface area contributed by atoms with E-state index >= 15 is 0 Å². The summed E-state index contributed by atoms with van der Waals surface area (Å²) in [5.41, 5.74) is 2.07. The van der Waals surface area contributed by atoms with Crippen LogP contribution in [0.15, 0.2) is 24.3 Å². The molecule has 1 N–H and O–H groups in total. The van der Waals surface area contributed by atoms with Gasteiger partial charge in [-0.2, -0.15) is 0 Å². The molecule has 1 saturated carbocycles. The van der Waals surface area contributed by atoms with Gasteiger partial charge in [-0.3, -0.25) is 9.59 Å². The van der Waals surface area contributed by atoms with E-state index in [1.807, 2.05) is 23.1 Å². The predicted molar refractivity (Wildman–Crippen MR) is 90.6 cm³/mol. The van der Waals surface area contributed by atoms with E-state index in [-0.39, 0.29) is 29.9 Å². The second kappa shape index (κ2) is 6.55. The minimum atomic E-state index is -0.107. The maximum absolute atomic E-state index is 12.7. The van der Waals surface area contributed by atoms with Gasteiger partial charge in [0.2, 0.25) is 11.8 Å². The number of nitrogens with zero attached hydrogens (tertiary/aromatic N) is 1. The average molecular weight is 328 g/mol. The van der Waals surface area contributed by atoms with Crippen LogP contribution in [0.5, 0.6) is 0 Å². The molecule has 5 heteroatoms. The third-order valence-electron chi connectivity index (χ3n) is 5.62. The first-order valence-corrected chi connectivity index (χ1v) is 9.02. The highest BCUT2D eigenvalue weighted by Crippen LogP contribution is 2.31. The Balaban J connectivity index is 1.36. The molecule has 4 rings (SSSR count). The van der Waals surface area contributed by atoms with Gasteiger partial charge >= 0.3 is 0 Å². The summed E-state index contributed by atoms with van der Waals surface area (Å²) in [6, 6.07) is 8.16. The Kier molecular flexibility index (Phi) is 4.27. The molecule has 24 heavy (non-hydrogen) atoms. The molecule has 1 aliphatic carbocycles. The van der Waals surface area contributed by atoms with Gasteiger partial charge in [-0.05, 0) is 43.7 Å². The molecule has 2 aliphatic heterocycles. The second-order valence-corrected chi connectivity index (χ2v) is 7.08. The third kappa shape index (κ3) is 2.93. The van der Waals surface area contributed by atoms with Gasteiger partial charge in [0, 0.05) is 24.6 Å². The van der Waals surface area contributed by atoms with Crippen LogP contribution < -0.4 is 5.32 Å². The van der Waals surface area contributed by atoms with E-state index in [0.29, 0.717) is 26.0 Å². The standard InChI is InChI=1S/C19H24N2O3/c22-18(21-10-11-24-17-7-3-6-16(17)21)9-8-14-12-13-4-1-2-5-15(13)20-19(14)23/h1-2,4-5,14,16-17H,3,6-12H2,(H,20,23)/t14-,16-,17-/m0/s1. The van der Waals surface area contributed by atoms with Gasteiger partial charge in [0.25, 0.3) is 0 Å². The van der Waals surface area contributed by atoms with E-state index in [2.05, 4.69) is 11.4 Å². The Morgan fingerprint density at radius 1 is 1.29 bits per heavy atom. The van der Waals surface area contributed by atoms with Crippen molar-refractivity contribution >= 4 is 17.5 Å². The number of nitrogens with one attached hydrogen (secondary N) is 1. The molecule has 1 aromatic carbocycles. The lowest BCUT2D eigenvalue weighted by Crippen LogP contribution is -2.51. The van der Waals surface area contributed by atoms with Crippen molar-refractivity contribution in [2.24, 2.45) is 5.92 Å². The molecule has 1 aromatic rings. The first kappa shape index (κ1) is 15.6. The molecule has 2 heterocycles. The number of morpholine rings is 1. The number of rotatable bonds is 3. The van der Waals surface area contributed by atoms with Gasteiger partial charge in [0.1, 0.15) is 0 Å². The summed E-state index contributed by atoms with van der Waals surface area (Å²) in [5.74, 6) is 0.119. The van der Waals surface area contributed by atoms with Crippen molar-refractivity contribution in [1.29, 1.82) is 0 Å². The van der Waals surface area contributed by atoms with Crippen molar-refractivity contribution in [2.45, 2.75) is 50.7 Å². The summed E-state index contributed by atoms with van der Waals surface area (Å²) in [5, 5.41) is 2.97. The molecular weight excluding hydrogens is 304 g/mol.